The Morgan fingerprint density at radius 1 is 0.323 bits per heavy atom. The van der Waals surface area contributed by atoms with Gasteiger partial charge in [-0.1, -0.05) is 121 Å². The van der Waals surface area contributed by atoms with Crippen molar-refractivity contribution in [2.24, 2.45) is 0 Å². The van der Waals surface area contributed by atoms with E-state index < -0.39 is 0 Å². The van der Waals surface area contributed by atoms with Crippen LogP contribution in [0.2, 0.25) is 0 Å². The highest BCUT2D eigenvalue weighted by molar-refractivity contribution is 6.59. The van der Waals surface area contributed by atoms with Crippen LogP contribution in [-0.4, -0.2) is 11.3 Å². The fourth-order valence-corrected chi connectivity index (χ4v) is 4.15. The van der Waals surface area contributed by atoms with Crippen molar-refractivity contribution < 1.29 is 10.3 Å². The van der Waals surface area contributed by atoms with Gasteiger partial charge < -0.3 is 5.48 Å². The van der Waals surface area contributed by atoms with Crippen LogP contribution in [0, 0.1) is 0 Å². The van der Waals surface area contributed by atoms with E-state index in [1.807, 2.05) is 97.1 Å². The van der Waals surface area contributed by atoms with E-state index in [0.29, 0.717) is 0 Å². The molecule has 0 saturated heterocycles. The quantitative estimate of drug-likeness (QED) is 0.415. The van der Waals surface area contributed by atoms with Gasteiger partial charge in [0.05, 0.1) is 0 Å². The van der Waals surface area contributed by atoms with Crippen LogP contribution in [0.15, 0.2) is 121 Å². The summed E-state index contributed by atoms with van der Waals surface area (Å²) < 4.78 is 0. The predicted molar refractivity (Wildman–Crippen MR) is 128 cm³/mol. The molecule has 0 fully saturated rings. The molecule has 2 heteroatoms. The molecule has 0 radical (unpaired) electrons. The van der Waals surface area contributed by atoms with Gasteiger partial charge in [-0.15, -0.1) is 0 Å². The second-order valence-corrected chi connectivity index (χ2v) is 7.29. The van der Waals surface area contributed by atoms with Crippen LogP contribution >= 0.6 is 0 Å². The summed E-state index contributed by atoms with van der Waals surface area (Å²) in [7, 11) is 0. The van der Waals surface area contributed by atoms with Gasteiger partial charge in [-0.3, -0.25) is 4.79 Å². The molecule has 4 aromatic rings. The van der Waals surface area contributed by atoms with Crippen LogP contribution in [0.4, 0.5) is 0 Å². The van der Waals surface area contributed by atoms with E-state index in [-0.39, 0.29) is 11.3 Å². The molecule has 31 heavy (non-hydrogen) atoms. The van der Waals surface area contributed by atoms with E-state index in [1.54, 1.807) is 0 Å². The minimum atomic E-state index is 0. The van der Waals surface area contributed by atoms with Gasteiger partial charge in [-0.05, 0) is 22.3 Å². The molecule has 2 nitrogen and oxygen atoms in total. The molecule has 0 bridgehead atoms. The third-order valence-corrected chi connectivity index (χ3v) is 5.45. The Morgan fingerprint density at radius 3 is 0.806 bits per heavy atom. The Bertz CT molecular complexity index is 1150. The Kier molecular flexibility index (Phi) is 5.74. The van der Waals surface area contributed by atoms with Crippen molar-refractivity contribution in [3.05, 3.63) is 144 Å². The molecule has 0 amide bonds. The maximum atomic E-state index is 14.0. The van der Waals surface area contributed by atoms with Gasteiger partial charge in [0.15, 0.2) is 5.78 Å². The highest BCUT2D eigenvalue weighted by atomic mass is 16.1. The minimum absolute atomic E-state index is 0. The van der Waals surface area contributed by atoms with Crippen molar-refractivity contribution in [2.45, 2.75) is 0 Å². The smallest absolute Gasteiger partial charge is 0.195 e. The zero-order chi connectivity index (χ0) is 20.3. The van der Waals surface area contributed by atoms with E-state index in [9.17, 15) is 4.79 Å². The molecular weight excluding hydrogens is 380 g/mol. The van der Waals surface area contributed by atoms with Crippen LogP contribution in [0.3, 0.4) is 0 Å². The predicted octanol–water partition coefficient (Wildman–Crippen LogP) is 5.97. The third kappa shape index (κ3) is 3.65. The summed E-state index contributed by atoms with van der Waals surface area (Å²) in [6.45, 7) is 0. The average Bonchev–Trinajstić information content (AvgIpc) is 3.14. The lowest BCUT2D eigenvalue weighted by molar-refractivity contribution is -0.108. The number of rotatable bonds is 4. The zero-order valence-electron chi connectivity index (χ0n) is 17.0. The Balaban J connectivity index is 0.00000231. The number of hydrogen-bond donors (Lipinski definition) is 0. The van der Waals surface area contributed by atoms with E-state index in [0.717, 1.165) is 44.5 Å². The molecule has 5 rings (SSSR count). The van der Waals surface area contributed by atoms with Gasteiger partial charge in [0, 0.05) is 22.3 Å². The summed E-state index contributed by atoms with van der Waals surface area (Å²) in [5.41, 5.74) is 7.51. The second-order valence-electron chi connectivity index (χ2n) is 7.29. The van der Waals surface area contributed by atoms with E-state index in [2.05, 4.69) is 24.3 Å². The highest BCUT2D eigenvalue weighted by Crippen LogP contribution is 2.49. The first kappa shape index (κ1) is 20.3. The van der Waals surface area contributed by atoms with Crippen molar-refractivity contribution >= 4 is 28.1 Å². The zero-order valence-corrected chi connectivity index (χ0v) is 17.0. The van der Waals surface area contributed by atoms with Crippen LogP contribution in [0.5, 0.6) is 0 Å². The monoisotopic (exact) mass is 402 g/mol. The minimum Gasteiger partial charge on any atom is -0.412 e. The molecule has 0 heterocycles. The molecule has 1 aliphatic rings. The molecule has 0 saturated carbocycles. The van der Waals surface area contributed by atoms with Gasteiger partial charge >= 0.3 is 0 Å². The van der Waals surface area contributed by atoms with Gasteiger partial charge in [-0.25, -0.2) is 0 Å². The molecule has 150 valence electrons. The largest absolute Gasteiger partial charge is 0.412 e. The van der Waals surface area contributed by atoms with Gasteiger partial charge in [0.2, 0.25) is 0 Å². The fraction of sp³-hybridized carbons (Fsp3) is 0. The number of Topliss-reactive ketones (excluding diaryl/α,β-unsaturated/α-hetero) is 1. The molecule has 4 aromatic carbocycles. The van der Waals surface area contributed by atoms with Crippen LogP contribution < -0.4 is 0 Å². The molecule has 1 aliphatic carbocycles. The standard InChI is InChI=1S/C29H20O.H2O/c30-29-27(23-17-9-3-10-18-23)25(21-13-5-1-6-14-21)26(22-15-7-2-8-16-22)28(29)24-19-11-4-12-20-24;/h1-20H;1H2. The number of hydrogen-bond acceptors (Lipinski definition) is 1. The first-order valence-electron chi connectivity index (χ1n) is 10.1. The molecule has 0 unspecified atom stereocenters. The van der Waals surface area contributed by atoms with Crippen LogP contribution in [-0.2, 0) is 4.79 Å². The number of carbonyl (C=O) groups excluding carboxylic acids is 1. The normalized spacial score (nSPS) is 13.4. The average molecular weight is 402 g/mol. The first-order valence-corrected chi connectivity index (χ1v) is 10.1. The molecule has 0 spiro atoms. The van der Waals surface area contributed by atoms with Crippen LogP contribution in [0.1, 0.15) is 22.3 Å². The highest BCUT2D eigenvalue weighted by Gasteiger charge is 2.35. The summed E-state index contributed by atoms with van der Waals surface area (Å²) in [5, 5.41) is 0. The number of carbonyl (C=O) groups is 1. The van der Waals surface area contributed by atoms with E-state index in [1.165, 1.54) is 0 Å². The number of ketones is 1. The summed E-state index contributed by atoms with van der Waals surface area (Å²) in [6, 6.07) is 40.5. The maximum Gasteiger partial charge on any atom is 0.195 e. The lowest BCUT2D eigenvalue weighted by Gasteiger charge is -2.13. The van der Waals surface area contributed by atoms with Crippen molar-refractivity contribution in [2.75, 3.05) is 0 Å². The SMILES string of the molecule is O.O=C1C(c2ccccc2)=C(c2ccccc2)C(c2ccccc2)=C1c1ccccc1. The molecule has 0 aromatic heterocycles. The van der Waals surface area contributed by atoms with Gasteiger partial charge in [-0.2, -0.15) is 0 Å². The van der Waals surface area contributed by atoms with Crippen molar-refractivity contribution in [3.63, 3.8) is 0 Å². The lowest BCUT2D eigenvalue weighted by atomic mass is 9.89. The topological polar surface area (TPSA) is 48.6 Å². The maximum absolute atomic E-state index is 14.0. The first-order chi connectivity index (χ1) is 14.8. The Hall–Kier alpha value is -4.01. The third-order valence-electron chi connectivity index (χ3n) is 5.45. The molecule has 0 atom stereocenters. The van der Waals surface area contributed by atoms with E-state index in [4.69, 9.17) is 0 Å². The lowest BCUT2D eigenvalue weighted by Crippen LogP contribution is -2.01. The Morgan fingerprint density at radius 2 is 0.548 bits per heavy atom. The summed E-state index contributed by atoms with van der Waals surface area (Å²) >= 11 is 0. The number of benzene rings is 4. The fourth-order valence-electron chi connectivity index (χ4n) is 4.15. The second kappa shape index (κ2) is 8.78. The van der Waals surface area contributed by atoms with Gasteiger partial charge in [0.1, 0.15) is 0 Å². The van der Waals surface area contributed by atoms with Crippen molar-refractivity contribution in [1.29, 1.82) is 0 Å². The summed E-state index contributed by atoms with van der Waals surface area (Å²) in [5.74, 6) is 0.0742. The number of allylic oxidation sites excluding steroid dienone is 4. The summed E-state index contributed by atoms with van der Waals surface area (Å²) in [4.78, 5) is 14.0. The Labute approximate surface area is 182 Å². The van der Waals surface area contributed by atoms with Gasteiger partial charge in [0.25, 0.3) is 0 Å². The molecular formula is C29H22O2. The van der Waals surface area contributed by atoms with Crippen molar-refractivity contribution in [1.82, 2.24) is 0 Å². The van der Waals surface area contributed by atoms with Crippen molar-refractivity contribution in [3.8, 4) is 0 Å². The van der Waals surface area contributed by atoms with Crippen LogP contribution in [0.25, 0.3) is 22.3 Å². The van der Waals surface area contributed by atoms with E-state index >= 15 is 0 Å². The molecule has 2 N–H and O–H groups in total. The summed E-state index contributed by atoms with van der Waals surface area (Å²) in [6.07, 6.45) is 0. The molecule has 0 aliphatic heterocycles.